The summed E-state index contributed by atoms with van der Waals surface area (Å²) in [5, 5.41) is 2.12. The number of imidazole rings is 1. The van der Waals surface area contributed by atoms with Crippen LogP contribution >= 0.6 is 15.9 Å². The molecule has 0 spiro atoms. The predicted molar refractivity (Wildman–Crippen MR) is 162 cm³/mol. The van der Waals surface area contributed by atoms with E-state index in [-0.39, 0.29) is 23.7 Å². The Hall–Kier alpha value is -3.61. The van der Waals surface area contributed by atoms with Crippen molar-refractivity contribution in [3.8, 4) is 5.69 Å². The summed E-state index contributed by atoms with van der Waals surface area (Å²) < 4.78 is 28.1. The highest BCUT2D eigenvalue weighted by atomic mass is 79.9. The molecule has 0 bridgehead atoms. The van der Waals surface area contributed by atoms with Crippen LogP contribution in [0.3, 0.4) is 0 Å². The number of halogens is 1. The van der Waals surface area contributed by atoms with Gasteiger partial charge in [0.2, 0.25) is 0 Å². The minimum Gasteiger partial charge on any atom is -0.348 e. The van der Waals surface area contributed by atoms with Gasteiger partial charge >= 0.3 is 0 Å². The van der Waals surface area contributed by atoms with Crippen LogP contribution in [0.15, 0.2) is 81.3 Å². The zero-order valence-corrected chi connectivity index (χ0v) is 25.0. The summed E-state index contributed by atoms with van der Waals surface area (Å²) in [4.78, 5) is 28.7. The third-order valence-electron chi connectivity index (χ3n) is 7.43. The van der Waals surface area contributed by atoms with Crippen molar-refractivity contribution >= 4 is 37.7 Å². The van der Waals surface area contributed by atoms with Gasteiger partial charge < -0.3 is 32.6 Å². The van der Waals surface area contributed by atoms with Crippen molar-refractivity contribution in [3.05, 3.63) is 104 Å². The van der Waals surface area contributed by atoms with Gasteiger partial charge in [-0.3, -0.25) is 9.59 Å². The summed E-state index contributed by atoms with van der Waals surface area (Å²) in [6.45, 7) is 7.04. The molecular formula is C31H31BrN4O6. The van der Waals surface area contributed by atoms with Crippen LogP contribution in [-0.2, 0) is 32.0 Å². The van der Waals surface area contributed by atoms with Crippen molar-refractivity contribution in [1.82, 2.24) is 18.7 Å². The molecule has 2 aromatic carbocycles. The molecule has 7 rings (SSSR count). The average Bonchev–Trinajstić information content (AvgIpc) is 3.78. The van der Waals surface area contributed by atoms with E-state index in [0.717, 1.165) is 43.1 Å². The van der Waals surface area contributed by atoms with E-state index in [0.29, 0.717) is 39.5 Å². The van der Waals surface area contributed by atoms with Gasteiger partial charge in [-0.25, -0.2) is 4.98 Å². The highest BCUT2D eigenvalue weighted by Gasteiger charge is 2.20. The molecule has 0 N–H and O–H groups in total. The first-order valence-electron chi connectivity index (χ1n) is 13.8. The molecule has 2 fully saturated rings. The number of hydrogen-bond donors (Lipinski definition) is 0. The lowest BCUT2D eigenvalue weighted by Crippen LogP contribution is -2.27. The van der Waals surface area contributed by atoms with Crippen LogP contribution in [0.2, 0.25) is 0 Å². The largest absolute Gasteiger partial charge is 0.348 e. The normalized spacial score (nSPS) is 15.9. The highest BCUT2D eigenvalue weighted by molar-refractivity contribution is 9.10. The molecule has 42 heavy (non-hydrogen) atoms. The van der Waals surface area contributed by atoms with Crippen molar-refractivity contribution in [2.24, 2.45) is 0 Å². The van der Waals surface area contributed by atoms with Gasteiger partial charge in [-0.1, -0.05) is 28.1 Å². The van der Waals surface area contributed by atoms with Gasteiger partial charge in [0.05, 0.1) is 56.9 Å². The van der Waals surface area contributed by atoms with Crippen LogP contribution in [0.25, 0.3) is 27.5 Å². The van der Waals surface area contributed by atoms with Crippen LogP contribution in [0.1, 0.15) is 11.1 Å². The summed E-state index contributed by atoms with van der Waals surface area (Å²) in [6, 6.07) is 15.3. The minimum absolute atomic E-state index is 0.0257. The van der Waals surface area contributed by atoms with Crippen molar-refractivity contribution in [2.75, 3.05) is 26.4 Å². The van der Waals surface area contributed by atoms with Crippen molar-refractivity contribution < 1.29 is 18.9 Å². The topological polar surface area (TPSA) is 98.7 Å². The molecule has 10 nitrogen and oxygen atoms in total. The van der Waals surface area contributed by atoms with Gasteiger partial charge in [0.25, 0.3) is 11.1 Å². The Morgan fingerprint density at radius 1 is 0.762 bits per heavy atom. The molecule has 0 atom stereocenters. The maximum atomic E-state index is 12.5. The zero-order valence-electron chi connectivity index (χ0n) is 23.4. The number of hydrogen-bond acceptors (Lipinski definition) is 7. The fourth-order valence-electron chi connectivity index (χ4n) is 5.33. The van der Waals surface area contributed by atoms with Crippen LogP contribution < -0.4 is 11.1 Å². The molecule has 3 aromatic heterocycles. The minimum atomic E-state index is -0.365. The second kappa shape index (κ2) is 12.3. The first kappa shape index (κ1) is 28.5. The first-order chi connectivity index (χ1) is 20.4. The lowest BCUT2D eigenvalue weighted by Gasteiger charge is -2.16. The third kappa shape index (κ3) is 5.97. The predicted octanol–water partition coefficient (Wildman–Crippen LogP) is 4.31. The van der Waals surface area contributed by atoms with Crippen LogP contribution in [0, 0.1) is 13.8 Å². The molecule has 0 aliphatic carbocycles. The maximum absolute atomic E-state index is 12.5. The van der Waals surface area contributed by atoms with Gasteiger partial charge in [0, 0.05) is 45.5 Å². The lowest BCUT2D eigenvalue weighted by atomic mass is 10.1. The second-order valence-electron chi connectivity index (χ2n) is 10.2. The van der Waals surface area contributed by atoms with E-state index in [1.54, 1.807) is 33.8 Å². The standard InChI is InChI=1S/C17H17N3O3.C14H14BrNO3/c1-12-8-16(21)20(10-17-22-6-7-23-17)15-9-13(2-3-14(12)15)19-5-4-18-11-19;1-9-6-13(17)16(8-14-18-4-5-19-14)12-7-10(15)2-3-11(9)12/h2-5,8-9,11,17H,6-7,10H2,1H3;2-3,6-7,14H,4-5,8H2,1H3. The van der Waals surface area contributed by atoms with E-state index < -0.39 is 0 Å². The average molecular weight is 636 g/mol. The molecule has 218 valence electrons. The number of fused-ring (bicyclic) bond motifs is 2. The van der Waals surface area contributed by atoms with Gasteiger partial charge in [-0.05, 0) is 49.2 Å². The Morgan fingerprint density at radius 2 is 1.29 bits per heavy atom. The number of aryl methyl sites for hydroxylation is 2. The quantitative estimate of drug-likeness (QED) is 0.284. The van der Waals surface area contributed by atoms with Gasteiger partial charge in [0.15, 0.2) is 12.6 Å². The van der Waals surface area contributed by atoms with E-state index in [4.69, 9.17) is 18.9 Å². The fourth-order valence-corrected chi connectivity index (χ4v) is 5.68. The van der Waals surface area contributed by atoms with Crippen LogP contribution in [-0.4, -0.2) is 57.7 Å². The molecule has 0 unspecified atom stereocenters. The number of aromatic nitrogens is 4. The van der Waals surface area contributed by atoms with E-state index in [2.05, 4.69) is 20.9 Å². The van der Waals surface area contributed by atoms with Crippen LogP contribution in [0.5, 0.6) is 0 Å². The zero-order chi connectivity index (χ0) is 29.2. The van der Waals surface area contributed by atoms with Crippen molar-refractivity contribution in [1.29, 1.82) is 0 Å². The lowest BCUT2D eigenvalue weighted by molar-refractivity contribution is -0.0525. The molecular weight excluding hydrogens is 604 g/mol. The number of nitrogens with zero attached hydrogens (tertiary/aromatic N) is 4. The molecule has 2 aliphatic rings. The maximum Gasteiger partial charge on any atom is 0.251 e. The van der Waals surface area contributed by atoms with Crippen LogP contribution in [0.4, 0.5) is 0 Å². The van der Waals surface area contributed by atoms with E-state index in [1.807, 2.05) is 61.0 Å². The summed E-state index contributed by atoms with van der Waals surface area (Å²) in [5.74, 6) is 0. The number of benzene rings is 2. The molecule has 5 aromatic rings. The molecule has 11 heteroatoms. The molecule has 0 radical (unpaired) electrons. The van der Waals surface area contributed by atoms with E-state index in [1.165, 1.54) is 0 Å². The Kier molecular flexibility index (Phi) is 8.36. The summed E-state index contributed by atoms with van der Waals surface area (Å²) in [5.41, 5.74) is 4.61. The number of ether oxygens (including phenoxy) is 4. The second-order valence-corrected chi connectivity index (χ2v) is 11.1. The molecule has 5 heterocycles. The SMILES string of the molecule is Cc1cc(=O)n(CC2OCCO2)c2cc(-n3ccnc3)ccc12.Cc1cc(=O)n(CC2OCCO2)c2cc(Br)ccc12. The third-order valence-corrected chi connectivity index (χ3v) is 7.93. The Labute approximate surface area is 250 Å². The fraction of sp³-hybridized carbons (Fsp3) is 0.323. The van der Waals surface area contributed by atoms with Gasteiger partial charge in [-0.15, -0.1) is 0 Å². The molecule has 0 amide bonds. The molecule has 2 aliphatic heterocycles. The smallest absolute Gasteiger partial charge is 0.251 e. The Morgan fingerprint density at radius 3 is 1.81 bits per heavy atom. The van der Waals surface area contributed by atoms with Gasteiger partial charge in [-0.2, -0.15) is 0 Å². The van der Waals surface area contributed by atoms with Gasteiger partial charge in [0.1, 0.15) is 0 Å². The molecule has 0 saturated carbocycles. The molecule has 2 saturated heterocycles. The van der Waals surface area contributed by atoms with E-state index >= 15 is 0 Å². The summed E-state index contributed by atoms with van der Waals surface area (Å²) >= 11 is 3.45. The number of rotatable bonds is 5. The summed E-state index contributed by atoms with van der Waals surface area (Å²) in [6.07, 6.45) is 4.65. The Balaban J connectivity index is 0.000000153. The Bertz CT molecular complexity index is 1840. The monoisotopic (exact) mass is 634 g/mol. The van der Waals surface area contributed by atoms with Crippen molar-refractivity contribution in [3.63, 3.8) is 0 Å². The van der Waals surface area contributed by atoms with E-state index in [9.17, 15) is 9.59 Å². The number of pyridine rings is 2. The summed E-state index contributed by atoms with van der Waals surface area (Å²) in [7, 11) is 0. The van der Waals surface area contributed by atoms with Crippen molar-refractivity contribution in [2.45, 2.75) is 39.5 Å². The first-order valence-corrected chi connectivity index (χ1v) is 14.6. The highest BCUT2D eigenvalue weighted by Crippen LogP contribution is 2.23.